The maximum atomic E-state index is 11.7. The maximum absolute atomic E-state index is 11.7. The molecule has 2 heterocycles. The van der Waals surface area contributed by atoms with Gasteiger partial charge in [0.15, 0.2) is 0 Å². The van der Waals surface area contributed by atoms with E-state index in [4.69, 9.17) is 4.74 Å². The van der Waals surface area contributed by atoms with E-state index in [9.17, 15) is 9.59 Å². The lowest BCUT2D eigenvalue weighted by atomic mass is 10.2. The number of pyridine rings is 1. The number of carbonyl (C=O) groups excluding carboxylic acids is 2. The number of aromatic nitrogens is 1. The quantitative estimate of drug-likeness (QED) is 0.757. The summed E-state index contributed by atoms with van der Waals surface area (Å²) in [5.41, 5.74) is 0.856. The number of ether oxygens (including phenoxy) is 1. The molecule has 1 aliphatic heterocycles. The molecule has 0 aromatic carbocycles. The van der Waals surface area contributed by atoms with Gasteiger partial charge in [0.1, 0.15) is 0 Å². The van der Waals surface area contributed by atoms with Crippen LogP contribution in [0.2, 0.25) is 0 Å². The fourth-order valence-electron chi connectivity index (χ4n) is 1.89. The van der Waals surface area contributed by atoms with Gasteiger partial charge in [-0.3, -0.25) is 14.5 Å². The van der Waals surface area contributed by atoms with Crippen molar-refractivity contribution in [1.82, 2.24) is 15.2 Å². The molecule has 1 fully saturated rings. The fourth-order valence-corrected chi connectivity index (χ4v) is 1.89. The summed E-state index contributed by atoms with van der Waals surface area (Å²) in [6.45, 7) is 0.439. The average Bonchev–Trinajstić information content (AvgIpc) is 2.64. The van der Waals surface area contributed by atoms with Crippen molar-refractivity contribution in [2.45, 2.75) is 19.0 Å². The van der Waals surface area contributed by atoms with Gasteiger partial charge in [-0.15, -0.1) is 0 Å². The van der Waals surface area contributed by atoms with Crippen molar-refractivity contribution in [3.63, 3.8) is 0 Å². The number of carbonyl (C=O) groups is 2. The van der Waals surface area contributed by atoms with Gasteiger partial charge in [0.25, 0.3) is 0 Å². The summed E-state index contributed by atoms with van der Waals surface area (Å²) >= 11 is 0. The van der Waals surface area contributed by atoms with E-state index >= 15 is 0 Å². The molecule has 96 valence electrons. The molecule has 0 bridgehead atoms. The zero-order valence-electron chi connectivity index (χ0n) is 10.3. The largest absolute Gasteiger partial charge is 0.481 e. The molecule has 0 saturated carbocycles. The highest BCUT2D eigenvalue weighted by molar-refractivity contribution is 6.05. The zero-order chi connectivity index (χ0) is 13.1. The number of rotatable bonds is 4. The third kappa shape index (κ3) is 2.33. The lowest BCUT2D eigenvalue weighted by molar-refractivity contribution is -0.137. The highest BCUT2D eigenvalue weighted by Crippen LogP contribution is 2.15. The molecule has 1 saturated heterocycles. The first-order valence-electron chi connectivity index (χ1n) is 5.65. The molecule has 6 nitrogen and oxygen atoms in total. The van der Waals surface area contributed by atoms with E-state index in [2.05, 4.69) is 10.3 Å². The summed E-state index contributed by atoms with van der Waals surface area (Å²) < 4.78 is 5.12. The third-order valence-corrected chi connectivity index (χ3v) is 2.96. The number of nitrogens with zero attached hydrogens (tertiary/aromatic N) is 2. The monoisotopic (exact) mass is 249 g/mol. The predicted molar refractivity (Wildman–Crippen MR) is 63.8 cm³/mol. The van der Waals surface area contributed by atoms with E-state index in [0.717, 1.165) is 10.5 Å². The predicted octanol–water partition coefficient (Wildman–Crippen LogP) is -0.0629. The first-order valence-corrected chi connectivity index (χ1v) is 5.65. The molecular weight excluding hydrogens is 234 g/mol. The molecule has 6 heteroatoms. The Balaban J connectivity index is 2.00. The molecule has 0 aliphatic carbocycles. The van der Waals surface area contributed by atoms with E-state index in [-0.39, 0.29) is 18.2 Å². The van der Waals surface area contributed by atoms with Crippen LogP contribution in [0, 0.1) is 0 Å². The SMILES string of the molecule is COc1ncccc1CNC1CC(=O)N(C)C1=O. The Morgan fingerprint density at radius 2 is 2.33 bits per heavy atom. The average molecular weight is 249 g/mol. The van der Waals surface area contributed by atoms with Crippen LogP contribution in [0.3, 0.4) is 0 Å². The van der Waals surface area contributed by atoms with Crippen LogP contribution in [0.4, 0.5) is 0 Å². The highest BCUT2D eigenvalue weighted by atomic mass is 16.5. The first kappa shape index (κ1) is 12.5. The zero-order valence-corrected chi connectivity index (χ0v) is 10.3. The maximum Gasteiger partial charge on any atom is 0.246 e. The molecule has 18 heavy (non-hydrogen) atoms. The molecule has 1 aliphatic rings. The lowest BCUT2D eigenvalue weighted by Crippen LogP contribution is -2.36. The molecule has 0 spiro atoms. The summed E-state index contributed by atoms with van der Waals surface area (Å²) in [6.07, 6.45) is 1.85. The van der Waals surface area contributed by atoms with Crippen molar-refractivity contribution in [3.05, 3.63) is 23.9 Å². The second-order valence-electron chi connectivity index (χ2n) is 4.10. The summed E-state index contributed by atoms with van der Waals surface area (Å²) in [7, 11) is 3.04. The van der Waals surface area contributed by atoms with Crippen molar-refractivity contribution < 1.29 is 14.3 Å². The van der Waals surface area contributed by atoms with Crippen LogP contribution in [0.25, 0.3) is 0 Å². The van der Waals surface area contributed by atoms with Gasteiger partial charge in [-0.25, -0.2) is 4.98 Å². The van der Waals surface area contributed by atoms with E-state index in [1.54, 1.807) is 19.4 Å². The number of likely N-dealkylation sites (tertiary alicyclic amines) is 1. The molecule has 1 atom stereocenters. The number of nitrogens with one attached hydrogen (secondary N) is 1. The summed E-state index contributed by atoms with van der Waals surface area (Å²) in [5.74, 6) is 0.175. The molecule has 0 radical (unpaired) electrons. The minimum Gasteiger partial charge on any atom is -0.481 e. The van der Waals surface area contributed by atoms with Gasteiger partial charge in [-0.05, 0) is 6.07 Å². The van der Waals surface area contributed by atoms with E-state index in [1.807, 2.05) is 6.07 Å². The first-order chi connectivity index (χ1) is 8.63. The van der Waals surface area contributed by atoms with Crippen molar-refractivity contribution in [2.24, 2.45) is 0 Å². The molecule has 1 N–H and O–H groups in total. The van der Waals surface area contributed by atoms with Crippen LogP contribution in [-0.4, -0.2) is 41.9 Å². The van der Waals surface area contributed by atoms with Crippen LogP contribution < -0.4 is 10.1 Å². The van der Waals surface area contributed by atoms with Crippen molar-refractivity contribution in [3.8, 4) is 5.88 Å². The fraction of sp³-hybridized carbons (Fsp3) is 0.417. The smallest absolute Gasteiger partial charge is 0.246 e. The van der Waals surface area contributed by atoms with Gasteiger partial charge >= 0.3 is 0 Å². The Bertz CT molecular complexity index is 475. The number of hydrogen-bond donors (Lipinski definition) is 1. The number of amides is 2. The Morgan fingerprint density at radius 1 is 1.56 bits per heavy atom. The Labute approximate surface area is 105 Å². The normalized spacial score (nSPS) is 19.4. The molecule has 1 unspecified atom stereocenters. The number of likely N-dealkylation sites (N-methyl/N-ethyl adjacent to an activating group) is 1. The summed E-state index contributed by atoms with van der Waals surface area (Å²) in [5, 5.41) is 3.05. The number of imide groups is 1. The van der Waals surface area contributed by atoms with Crippen LogP contribution in [0.5, 0.6) is 5.88 Å². The minimum atomic E-state index is -0.451. The summed E-state index contributed by atoms with van der Waals surface area (Å²) in [6, 6.07) is 3.21. The molecular formula is C12H15N3O3. The minimum absolute atomic E-state index is 0.157. The highest BCUT2D eigenvalue weighted by Gasteiger charge is 2.35. The van der Waals surface area contributed by atoms with Gasteiger partial charge < -0.3 is 10.1 Å². The van der Waals surface area contributed by atoms with Crippen molar-refractivity contribution in [1.29, 1.82) is 0 Å². The van der Waals surface area contributed by atoms with Gasteiger partial charge in [0, 0.05) is 25.4 Å². The van der Waals surface area contributed by atoms with Gasteiger partial charge in [-0.1, -0.05) is 6.07 Å². The second-order valence-corrected chi connectivity index (χ2v) is 4.10. The topological polar surface area (TPSA) is 71.5 Å². The molecule has 1 aromatic rings. The standard InChI is InChI=1S/C12H15N3O3/c1-15-10(16)6-9(12(15)17)14-7-8-4-3-5-13-11(8)18-2/h3-5,9,14H,6-7H2,1-2H3. The molecule has 2 rings (SSSR count). The van der Waals surface area contributed by atoms with Crippen LogP contribution in [0.1, 0.15) is 12.0 Å². The Kier molecular flexibility index (Phi) is 3.57. The van der Waals surface area contributed by atoms with Crippen molar-refractivity contribution >= 4 is 11.8 Å². The summed E-state index contributed by atoms with van der Waals surface area (Å²) in [4.78, 5) is 28.3. The number of methoxy groups -OCH3 is 1. The number of hydrogen-bond acceptors (Lipinski definition) is 5. The van der Waals surface area contributed by atoms with Crippen LogP contribution in [0.15, 0.2) is 18.3 Å². The molecule has 2 amide bonds. The van der Waals surface area contributed by atoms with E-state index in [0.29, 0.717) is 12.4 Å². The lowest BCUT2D eigenvalue weighted by Gasteiger charge is -2.12. The van der Waals surface area contributed by atoms with Gasteiger partial charge in [-0.2, -0.15) is 0 Å². The van der Waals surface area contributed by atoms with E-state index < -0.39 is 6.04 Å². The van der Waals surface area contributed by atoms with Gasteiger partial charge in [0.2, 0.25) is 17.7 Å². The van der Waals surface area contributed by atoms with Crippen molar-refractivity contribution in [2.75, 3.05) is 14.2 Å². The third-order valence-electron chi connectivity index (χ3n) is 2.96. The van der Waals surface area contributed by atoms with Crippen LogP contribution >= 0.6 is 0 Å². The Hall–Kier alpha value is -1.95. The van der Waals surface area contributed by atoms with Crippen LogP contribution in [-0.2, 0) is 16.1 Å². The van der Waals surface area contributed by atoms with Gasteiger partial charge in [0.05, 0.1) is 19.6 Å². The Morgan fingerprint density at radius 3 is 2.94 bits per heavy atom. The van der Waals surface area contributed by atoms with E-state index in [1.165, 1.54) is 7.05 Å². The second kappa shape index (κ2) is 5.14. The molecule has 1 aromatic heterocycles.